The molecule has 0 aliphatic rings. The highest BCUT2D eigenvalue weighted by Gasteiger charge is 2.20. The van der Waals surface area contributed by atoms with E-state index in [2.05, 4.69) is 52.1 Å². The van der Waals surface area contributed by atoms with Crippen LogP contribution < -0.4 is 5.32 Å². The highest BCUT2D eigenvalue weighted by Crippen LogP contribution is 2.31. The van der Waals surface area contributed by atoms with Crippen LogP contribution in [0.2, 0.25) is 5.02 Å². The molecule has 96 valence electrons. The van der Waals surface area contributed by atoms with Crippen LogP contribution in [-0.4, -0.2) is 6.54 Å². The molecule has 0 saturated carbocycles. The Bertz CT molecular complexity index is 373. The Balaban J connectivity index is 3.13. The van der Waals surface area contributed by atoms with Gasteiger partial charge < -0.3 is 5.32 Å². The highest BCUT2D eigenvalue weighted by molar-refractivity contribution is 6.31. The third-order valence-electron chi connectivity index (χ3n) is 3.59. The van der Waals surface area contributed by atoms with E-state index in [9.17, 15) is 0 Å². The van der Waals surface area contributed by atoms with Gasteiger partial charge in [-0.1, -0.05) is 44.9 Å². The Morgan fingerprint density at radius 1 is 1.18 bits per heavy atom. The third-order valence-corrected chi connectivity index (χ3v) is 3.91. The fraction of sp³-hybridized carbons (Fsp3) is 0.600. The molecule has 0 radical (unpaired) electrons. The minimum Gasteiger partial charge on any atom is -0.310 e. The summed E-state index contributed by atoms with van der Waals surface area (Å²) in [6.45, 7) is 11.9. The van der Waals surface area contributed by atoms with Crippen LogP contribution in [0.25, 0.3) is 0 Å². The molecular formula is C15H24ClN. The van der Waals surface area contributed by atoms with Crippen molar-refractivity contribution < 1.29 is 0 Å². The lowest BCUT2D eigenvalue weighted by Crippen LogP contribution is -2.27. The first kappa shape index (κ1) is 14.5. The molecular weight excluding hydrogens is 230 g/mol. The molecule has 0 spiro atoms. The van der Waals surface area contributed by atoms with Gasteiger partial charge in [-0.25, -0.2) is 0 Å². The molecule has 0 saturated heterocycles. The van der Waals surface area contributed by atoms with Crippen LogP contribution >= 0.6 is 11.6 Å². The molecule has 0 aliphatic heterocycles. The Morgan fingerprint density at radius 2 is 1.76 bits per heavy atom. The summed E-state index contributed by atoms with van der Waals surface area (Å²) in [6.07, 6.45) is 1.15. The van der Waals surface area contributed by atoms with Crippen molar-refractivity contribution >= 4 is 11.6 Å². The molecule has 0 heterocycles. The van der Waals surface area contributed by atoms with Crippen LogP contribution in [0.1, 0.15) is 49.9 Å². The number of halogens is 1. The van der Waals surface area contributed by atoms with Gasteiger partial charge in [-0.2, -0.15) is 0 Å². The zero-order valence-electron chi connectivity index (χ0n) is 11.6. The summed E-state index contributed by atoms with van der Waals surface area (Å²) in [5.74, 6) is 0.592. The van der Waals surface area contributed by atoms with Gasteiger partial charge in [0, 0.05) is 11.1 Å². The average molecular weight is 254 g/mol. The zero-order valence-corrected chi connectivity index (χ0v) is 12.4. The van der Waals surface area contributed by atoms with Gasteiger partial charge >= 0.3 is 0 Å². The summed E-state index contributed by atoms with van der Waals surface area (Å²) in [5, 5.41) is 4.44. The fourth-order valence-electron chi connectivity index (χ4n) is 2.11. The van der Waals surface area contributed by atoms with Crippen molar-refractivity contribution in [3.63, 3.8) is 0 Å². The van der Waals surface area contributed by atoms with Crippen molar-refractivity contribution in [3.05, 3.63) is 33.8 Å². The van der Waals surface area contributed by atoms with E-state index in [-0.39, 0.29) is 0 Å². The summed E-state index contributed by atoms with van der Waals surface area (Å²) < 4.78 is 0. The van der Waals surface area contributed by atoms with Crippen molar-refractivity contribution in [2.75, 3.05) is 6.54 Å². The summed E-state index contributed by atoms with van der Waals surface area (Å²) in [6, 6.07) is 4.67. The van der Waals surface area contributed by atoms with Gasteiger partial charge in [-0.15, -0.1) is 0 Å². The van der Waals surface area contributed by atoms with Gasteiger partial charge in [0.15, 0.2) is 0 Å². The highest BCUT2D eigenvalue weighted by atomic mass is 35.5. The molecule has 2 heteroatoms. The smallest absolute Gasteiger partial charge is 0.0456 e. The van der Waals surface area contributed by atoms with Crippen LogP contribution in [0.15, 0.2) is 12.1 Å². The first-order valence-electron chi connectivity index (χ1n) is 6.51. The minimum absolute atomic E-state index is 0.358. The number of benzene rings is 1. The largest absolute Gasteiger partial charge is 0.310 e. The van der Waals surface area contributed by atoms with E-state index in [1.165, 1.54) is 16.7 Å². The molecule has 17 heavy (non-hydrogen) atoms. The molecule has 1 nitrogen and oxygen atoms in total. The fourth-order valence-corrected chi connectivity index (χ4v) is 2.45. The maximum atomic E-state index is 6.39. The van der Waals surface area contributed by atoms with Crippen molar-refractivity contribution in [3.8, 4) is 0 Å². The molecule has 1 N–H and O–H groups in total. The molecule has 2 atom stereocenters. The van der Waals surface area contributed by atoms with Crippen LogP contribution in [0.5, 0.6) is 0 Å². The second-order valence-electron chi connectivity index (χ2n) is 4.88. The lowest BCUT2D eigenvalue weighted by Gasteiger charge is -2.26. The predicted molar refractivity (Wildman–Crippen MR) is 76.8 cm³/mol. The second-order valence-corrected chi connectivity index (χ2v) is 5.29. The van der Waals surface area contributed by atoms with Gasteiger partial charge in [-0.05, 0) is 49.1 Å². The molecule has 2 unspecified atom stereocenters. The molecule has 1 rings (SSSR count). The first-order chi connectivity index (χ1) is 8.01. The Kier molecular flexibility index (Phi) is 5.48. The van der Waals surface area contributed by atoms with Crippen LogP contribution in [0.3, 0.4) is 0 Å². The number of nitrogens with one attached hydrogen (secondary N) is 1. The predicted octanol–water partition coefficient (Wildman–Crippen LogP) is 4.65. The van der Waals surface area contributed by atoms with E-state index in [0.29, 0.717) is 12.0 Å². The standard InChI is InChI=1S/C15H24ClN/c1-6-10(3)15(17-7-2)13-8-11(4)12(5)9-14(13)16/h8-10,15,17H,6-7H2,1-5H3. The van der Waals surface area contributed by atoms with E-state index >= 15 is 0 Å². The van der Waals surface area contributed by atoms with Crippen LogP contribution in [0, 0.1) is 19.8 Å². The van der Waals surface area contributed by atoms with E-state index in [1.807, 2.05) is 0 Å². The lowest BCUT2D eigenvalue weighted by atomic mass is 9.90. The van der Waals surface area contributed by atoms with Crippen molar-refractivity contribution in [1.29, 1.82) is 0 Å². The van der Waals surface area contributed by atoms with Gasteiger partial charge in [0.1, 0.15) is 0 Å². The lowest BCUT2D eigenvalue weighted by molar-refractivity contribution is 0.384. The quantitative estimate of drug-likeness (QED) is 0.805. The molecule has 0 aromatic heterocycles. The maximum Gasteiger partial charge on any atom is 0.0456 e. The summed E-state index contributed by atoms with van der Waals surface area (Å²) >= 11 is 6.39. The second kappa shape index (κ2) is 6.42. The SMILES string of the molecule is CCNC(c1cc(C)c(C)cc1Cl)C(C)CC. The zero-order chi connectivity index (χ0) is 13.0. The molecule has 1 aromatic carbocycles. The molecule has 0 amide bonds. The summed E-state index contributed by atoms with van der Waals surface area (Å²) in [5.41, 5.74) is 3.82. The van der Waals surface area contributed by atoms with E-state index < -0.39 is 0 Å². The normalized spacial score (nSPS) is 14.7. The molecule has 0 fully saturated rings. The number of rotatable bonds is 5. The molecule has 0 bridgehead atoms. The van der Waals surface area contributed by atoms with E-state index in [1.54, 1.807) is 0 Å². The summed E-state index contributed by atoms with van der Waals surface area (Å²) in [7, 11) is 0. The topological polar surface area (TPSA) is 12.0 Å². The first-order valence-corrected chi connectivity index (χ1v) is 6.89. The average Bonchev–Trinajstić information content (AvgIpc) is 2.30. The number of hydrogen-bond donors (Lipinski definition) is 1. The third kappa shape index (κ3) is 3.46. The Hall–Kier alpha value is -0.530. The Morgan fingerprint density at radius 3 is 2.29 bits per heavy atom. The number of aryl methyl sites for hydroxylation is 2. The summed E-state index contributed by atoms with van der Waals surface area (Å²) in [4.78, 5) is 0. The van der Waals surface area contributed by atoms with Gasteiger partial charge in [0.2, 0.25) is 0 Å². The van der Waals surface area contributed by atoms with Gasteiger partial charge in [0.05, 0.1) is 0 Å². The van der Waals surface area contributed by atoms with Crippen LogP contribution in [-0.2, 0) is 0 Å². The Labute approximate surface area is 111 Å². The molecule has 1 aromatic rings. The van der Waals surface area contributed by atoms with Crippen LogP contribution in [0.4, 0.5) is 0 Å². The van der Waals surface area contributed by atoms with Crippen molar-refractivity contribution in [1.82, 2.24) is 5.32 Å². The molecule has 0 aliphatic carbocycles. The number of hydrogen-bond acceptors (Lipinski definition) is 1. The van der Waals surface area contributed by atoms with E-state index in [0.717, 1.165) is 18.0 Å². The van der Waals surface area contributed by atoms with Crippen molar-refractivity contribution in [2.24, 2.45) is 5.92 Å². The van der Waals surface area contributed by atoms with E-state index in [4.69, 9.17) is 11.6 Å². The minimum atomic E-state index is 0.358. The van der Waals surface area contributed by atoms with Crippen molar-refractivity contribution in [2.45, 2.75) is 47.1 Å². The van der Waals surface area contributed by atoms with Gasteiger partial charge in [0.25, 0.3) is 0 Å². The van der Waals surface area contributed by atoms with Gasteiger partial charge in [-0.3, -0.25) is 0 Å². The monoisotopic (exact) mass is 253 g/mol. The maximum absolute atomic E-state index is 6.39.